The van der Waals surface area contributed by atoms with E-state index >= 15 is 0 Å². The van der Waals surface area contributed by atoms with Crippen LogP contribution in [-0.2, 0) is 9.53 Å². The van der Waals surface area contributed by atoms with E-state index in [1.54, 1.807) is 12.3 Å². The summed E-state index contributed by atoms with van der Waals surface area (Å²) < 4.78 is 43.0. The van der Waals surface area contributed by atoms with Gasteiger partial charge in [0.2, 0.25) is 0 Å². The van der Waals surface area contributed by atoms with Gasteiger partial charge in [-0.1, -0.05) is 6.08 Å². The van der Waals surface area contributed by atoms with Gasteiger partial charge in [0.1, 0.15) is 6.10 Å². The Bertz CT molecular complexity index is 565. The van der Waals surface area contributed by atoms with Crippen LogP contribution in [0.4, 0.5) is 13.2 Å². The lowest BCUT2D eigenvalue weighted by Crippen LogP contribution is -2.40. The predicted octanol–water partition coefficient (Wildman–Crippen LogP) is 3.45. The molecule has 0 spiro atoms. The van der Waals surface area contributed by atoms with Gasteiger partial charge in [0.05, 0.1) is 5.69 Å². The highest BCUT2D eigenvalue weighted by Crippen LogP contribution is 2.20. The first-order valence-electron chi connectivity index (χ1n) is 5.89. The Morgan fingerprint density at radius 1 is 1.62 bits per heavy atom. The highest BCUT2D eigenvalue weighted by molar-refractivity contribution is 7.73. The number of aryl methyl sites for hydroxylation is 1. The Kier molecular flexibility index (Phi) is 5.97. The molecule has 1 rings (SSSR count). The van der Waals surface area contributed by atoms with Gasteiger partial charge in [-0.05, 0) is 26.1 Å². The zero-order valence-electron chi connectivity index (χ0n) is 11.3. The summed E-state index contributed by atoms with van der Waals surface area (Å²) in [4.78, 5) is 16.4. The maximum Gasteiger partial charge on any atom is 0.490 e. The van der Waals surface area contributed by atoms with Gasteiger partial charge in [0, 0.05) is 11.8 Å². The first-order chi connectivity index (χ1) is 9.66. The van der Waals surface area contributed by atoms with Crippen LogP contribution in [0.5, 0.6) is 0 Å². The molecule has 0 aromatic carbocycles. The molecule has 0 unspecified atom stereocenters. The summed E-state index contributed by atoms with van der Waals surface area (Å²) in [6.45, 7) is 6.67. The van der Waals surface area contributed by atoms with Crippen molar-refractivity contribution in [2.75, 3.05) is 0 Å². The molecule has 0 fully saturated rings. The summed E-state index contributed by atoms with van der Waals surface area (Å²) >= 11 is 6.30. The molecule has 0 aliphatic rings. The molecule has 0 saturated heterocycles. The molecule has 0 saturated carbocycles. The second kappa shape index (κ2) is 7.08. The fraction of sp³-hybridized carbons (Fsp3) is 0.500. The normalized spacial score (nSPS) is 14.3. The van der Waals surface area contributed by atoms with Crippen molar-refractivity contribution >= 4 is 29.5 Å². The Morgan fingerprint density at radius 3 is 2.67 bits per heavy atom. The van der Waals surface area contributed by atoms with Crippen molar-refractivity contribution in [3.63, 3.8) is 0 Å². The minimum Gasteiger partial charge on any atom is -0.451 e. The van der Waals surface area contributed by atoms with Gasteiger partial charge in [-0.2, -0.15) is 17.9 Å². The monoisotopic (exact) mass is 341 g/mol. The number of thiazole rings is 1. The first kappa shape index (κ1) is 17.7. The van der Waals surface area contributed by atoms with E-state index in [0.29, 0.717) is 9.65 Å². The second-order valence-corrected chi connectivity index (χ2v) is 5.72. The lowest BCUT2D eigenvalue weighted by molar-refractivity contribution is -0.210. The average Bonchev–Trinajstić information content (AvgIpc) is 2.68. The molecule has 0 bridgehead atoms. The van der Waals surface area contributed by atoms with Gasteiger partial charge in [-0.25, -0.2) is 4.79 Å². The van der Waals surface area contributed by atoms with Crippen LogP contribution in [0.25, 0.3) is 0 Å². The Labute approximate surface area is 128 Å². The molecule has 1 heterocycles. The number of aromatic nitrogens is 1. The van der Waals surface area contributed by atoms with Crippen LogP contribution in [0.2, 0.25) is 0 Å². The number of alkyl halides is 3. The Balaban J connectivity index is 2.83. The number of carbonyl (C=O) groups excluding carboxylic acids is 1. The third-order valence-electron chi connectivity index (χ3n) is 2.50. The number of rotatable bonds is 6. The van der Waals surface area contributed by atoms with Crippen molar-refractivity contribution in [1.29, 1.82) is 0 Å². The highest BCUT2D eigenvalue weighted by Gasteiger charge is 2.43. The number of esters is 1. The highest BCUT2D eigenvalue weighted by atomic mass is 32.1. The van der Waals surface area contributed by atoms with Gasteiger partial charge >= 0.3 is 12.1 Å². The van der Waals surface area contributed by atoms with Crippen LogP contribution in [0.15, 0.2) is 18.0 Å². The van der Waals surface area contributed by atoms with E-state index in [4.69, 9.17) is 17.1 Å². The van der Waals surface area contributed by atoms with Gasteiger partial charge in [0.15, 0.2) is 10.1 Å². The number of ether oxygens (including phenoxy) is 1. The quantitative estimate of drug-likeness (QED) is 0.451. The molecule has 1 aromatic rings. The molecule has 0 aliphatic heterocycles. The average molecular weight is 341 g/mol. The van der Waals surface area contributed by atoms with E-state index in [-0.39, 0.29) is 6.42 Å². The van der Waals surface area contributed by atoms with E-state index in [1.165, 1.54) is 29.1 Å². The number of nitrogens with zero attached hydrogens (tertiary/aromatic N) is 1. The third-order valence-corrected chi connectivity index (χ3v) is 3.78. The van der Waals surface area contributed by atoms with Crippen molar-refractivity contribution < 1.29 is 27.5 Å². The van der Waals surface area contributed by atoms with Crippen molar-refractivity contribution in [3.05, 3.63) is 27.7 Å². The number of hydrogen-bond donors (Lipinski definition) is 0. The minimum atomic E-state index is -5.05. The van der Waals surface area contributed by atoms with Gasteiger partial charge in [0.25, 0.3) is 0 Å². The standard InChI is InChI=1S/C12H14F3NO3S2/c1-4-5-9(18-10(17)12(13,14)15)8(3)19-16-7(2)6-21-11(16)20/h4,6,8-9H,1,5H2,2-3H3/t8-,9+/m1/s1. The lowest BCUT2D eigenvalue weighted by Gasteiger charge is -2.24. The molecule has 0 radical (unpaired) electrons. The van der Waals surface area contributed by atoms with Crippen molar-refractivity contribution in [2.24, 2.45) is 0 Å². The fourth-order valence-electron chi connectivity index (χ4n) is 1.44. The lowest BCUT2D eigenvalue weighted by atomic mass is 10.1. The number of hydrogen-bond acceptors (Lipinski definition) is 5. The van der Waals surface area contributed by atoms with Crippen LogP contribution in [0.1, 0.15) is 19.0 Å². The molecule has 0 amide bonds. The van der Waals surface area contributed by atoms with Crippen LogP contribution in [-0.4, -0.2) is 29.1 Å². The fourth-order valence-corrected chi connectivity index (χ4v) is 2.42. The Morgan fingerprint density at radius 2 is 2.24 bits per heavy atom. The Hall–Kier alpha value is -1.35. The SMILES string of the molecule is C=CC[C@H](OC(=O)C(F)(F)F)[C@@H](C)On1c(C)csc1=S. The maximum atomic E-state index is 12.3. The van der Waals surface area contributed by atoms with E-state index in [0.717, 1.165) is 0 Å². The van der Waals surface area contributed by atoms with Crippen LogP contribution in [0, 0.1) is 10.9 Å². The molecular weight excluding hydrogens is 327 g/mol. The van der Waals surface area contributed by atoms with E-state index in [2.05, 4.69) is 11.3 Å². The largest absolute Gasteiger partial charge is 0.490 e. The van der Waals surface area contributed by atoms with E-state index in [9.17, 15) is 18.0 Å². The molecular formula is C12H14F3NO3S2. The van der Waals surface area contributed by atoms with Crippen LogP contribution < -0.4 is 4.84 Å². The van der Waals surface area contributed by atoms with Crippen LogP contribution in [0.3, 0.4) is 0 Å². The molecule has 21 heavy (non-hydrogen) atoms. The third kappa shape index (κ3) is 4.85. The summed E-state index contributed by atoms with van der Waals surface area (Å²) in [5.41, 5.74) is 0.705. The van der Waals surface area contributed by atoms with Crippen molar-refractivity contribution in [1.82, 2.24) is 4.73 Å². The van der Waals surface area contributed by atoms with Gasteiger partial charge < -0.3 is 9.57 Å². The van der Waals surface area contributed by atoms with Crippen LogP contribution >= 0.6 is 23.6 Å². The van der Waals surface area contributed by atoms with Crippen molar-refractivity contribution in [3.8, 4) is 0 Å². The minimum absolute atomic E-state index is 0.0273. The predicted molar refractivity (Wildman–Crippen MR) is 74.7 cm³/mol. The molecule has 4 nitrogen and oxygen atoms in total. The molecule has 2 atom stereocenters. The summed E-state index contributed by atoms with van der Waals surface area (Å²) in [7, 11) is 0. The zero-order chi connectivity index (χ0) is 16.2. The number of halogens is 3. The van der Waals surface area contributed by atoms with Crippen molar-refractivity contribution in [2.45, 2.75) is 38.7 Å². The summed E-state index contributed by atoms with van der Waals surface area (Å²) in [6.07, 6.45) is -5.60. The smallest absolute Gasteiger partial charge is 0.451 e. The zero-order valence-corrected chi connectivity index (χ0v) is 13.0. The summed E-state index contributed by atoms with van der Waals surface area (Å²) in [5, 5.41) is 1.75. The summed E-state index contributed by atoms with van der Waals surface area (Å²) in [6, 6.07) is 0. The molecule has 9 heteroatoms. The van der Waals surface area contributed by atoms with Gasteiger partial charge in [-0.15, -0.1) is 17.9 Å². The molecule has 0 N–H and O–H groups in total. The topological polar surface area (TPSA) is 40.5 Å². The molecule has 1 aromatic heterocycles. The molecule has 118 valence electrons. The van der Waals surface area contributed by atoms with Gasteiger partial charge in [-0.3, -0.25) is 0 Å². The summed E-state index contributed by atoms with van der Waals surface area (Å²) in [5.74, 6) is -2.25. The number of carbonyl (C=O) groups is 1. The maximum absolute atomic E-state index is 12.3. The molecule has 0 aliphatic carbocycles. The second-order valence-electron chi connectivity index (χ2n) is 4.21. The van der Waals surface area contributed by atoms with E-state index < -0.39 is 24.4 Å². The first-order valence-corrected chi connectivity index (χ1v) is 7.18. The van der Waals surface area contributed by atoms with E-state index in [1.807, 2.05) is 0 Å².